The van der Waals surface area contributed by atoms with Crippen molar-refractivity contribution < 1.29 is 28.8 Å². The Morgan fingerprint density at radius 1 is 1.30 bits per heavy atom. The molecule has 4 atom stereocenters. The van der Waals surface area contributed by atoms with Crippen LogP contribution < -0.4 is 5.32 Å². The molecule has 5 heterocycles. The molecule has 0 amide bonds. The lowest BCUT2D eigenvalue weighted by Crippen LogP contribution is -2.38. The van der Waals surface area contributed by atoms with Gasteiger partial charge in [-0.2, -0.15) is 9.97 Å². The van der Waals surface area contributed by atoms with Crippen LogP contribution in [0.4, 0.5) is 5.82 Å². The molecule has 0 aliphatic carbocycles. The van der Waals surface area contributed by atoms with Crippen molar-refractivity contribution in [2.75, 3.05) is 38.4 Å². The van der Waals surface area contributed by atoms with Crippen molar-refractivity contribution in [3.63, 3.8) is 0 Å². The monoisotopic (exact) mass is 483 g/mol. The molecule has 3 aliphatic heterocycles. The Hall–Kier alpha value is -1.60. The minimum Gasteiger partial charge on any atom is -0.396 e. The predicted molar refractivity (Wildman–Crippen MR) is 118 cm³/mol. The fourth-order valence-corrected chi connectivity index (χ4v) is 4.79. The van der Waals surface area contributed by atoms with E-state index in [0.717, 1.165) is 12.8 Å². The van der Waals surface area contributed by atoms with Gasteiger partial charge in [0.1, 0.15) is 18.3 Å². The lowest BCUT2D eigenvalue weighted by atomic mass is 10.1. The summed E-state index contributed by atoms with van der Waals surface area (Å²) in [5.41, 5.74) is 1.13. The van der Waals surface area contributed by atoms with E-state index >= 15 is 0 Å². The van der Waals surface area contributed by atoms with Crippen molar-refractivity contribution >= 4 is 28.6 Å². The van der Waals surface area contributed by atoms with E-state index in [1.807, 2.05) is 13.8 Å². The fraction of sp³-hybridized carbons (Fsp3) is 0.762. The minimum absolute atomic E-state index is 0.0226. The van der Waals surface area contributed by atoms with Crippen LogP contribution in [-0.2, 0) is 23.7 Å². The summed E-state index contributed by atoms with van der Waals surface area (Å²) in [4.78, 5) is 13.4. The normalized spacial score (nSPS) is 28.3. The maximum absolute atomic E-state index is 9.26. The zero-order valence-electron chi connectivity index (χ0n) is 18.8. The number of aliphatic hydroxyl groups excluding tert-OH is 1. The number of fused-ring (bicyclic) bond motifs is 2. The molecule has 2 N–H and O–H groups in total. The number of ether oxygens (including phenoxy) is 5. The van der Waals surface area contributed by atoms with Crippen LogP contribution in [0.1, 0.15) is 39.3 Å². The van der Waals surface area contributed by atoms with Crippen LogP contribution in [-0.4, -0.2) is 87.8 Å². The molecule has 0 aromatic carbocycles. The first-order valence-electron chi connectivity index (χ1n) is 11.4. The molecule has 0 saturated carbocycles. The molecule has 2 aromatic rings. The molecular formula is C21H30ClN5O6. The Bertz CT molecular complexity index is 968. The summed E-state index contributed by atoms with van der Waals surface area (Å²) in [5, 5.41) is 12.8. The van der Waals surface area contributed by atoms with E-state index < -0.39 is 18.1 Å². The number of hydrogen-bond donors (Lipinski definition) is 2. The van der Waals surface area contributed by atoms with Gasteiger partial charge in [-0.25, -0.2) is 4.98 Å². The largest absolute Gasteiger partial charge is 0.396 e. The average Bonchev–Trinajstić information content (AvgIpc) is 3.44. The van der Waals surface area contributed by atoms with Crippen molar-refractivity contribution in [3.05, 3.63) is 11.6 Å². The second kappa shape index (κ2) is 9.57. The van der Waals surface area contributed by atoms with E-state index in [1.54, 1.807) is 10.9 Å². The van der Waals surface area contributed by atoms with E-state index in [9.17, 15) is 5.11 Å². The highest BCUT2D eigenvalue weighted by Gasteiger charge is 2.53. The molecule has 33 heavy (non-hydrogen) atoms. The highest BCUT2D eigenvalue weighted by Crippen LogP contribution is 2.40. The minimum atomic E-state index is -0.698. The van der Waals surface area contributed by atoms with Gasteiger partial charge in [-0.3, -0.25) is 4.57 Å². The van der Waals surface area contributed by atoms with E-state index in [-0.39, 0.29) is 30.1 Å². The van der Waals surface area contributed by atoms with E-state index in [1.165, 1.54) is 0 Å². The van der Waals surface area contributed by atoms with Crippen molar-refractivity contribution in [1.82, 2.24) is 19.5 Å². The molecular weight excluding hydrogens is 454 g/mol. The topological polar surface area (TPSA) is 122 Å². The third-order valence-corrected chi connectivity index (χ3v) is 6.27. The summed E-state index contributed by atoms with van der Waals surface area (Å²) >= 11 is 6.31. The summed E-state index contributed by atoms with van der Waals surface area (Å²) in [6, 6.07) is 0.222. The van der Waals surface area contributed by atoms with Crippen LogP contribution >= 0.6 is 11.6 Å². The van der Waals surface area contributed by atoms with Gasteiger partial charge in [-0.1, -0.05) is 0 Å². The first-order chi connectivity index (χ1) is 15.9. The number of aromatic nitrogens is 4. The predicted octanol–water partition coefficient (Wildman–Crippen LogP) is 1.89. The summed E-state index contributed by atoms with van der Waals surface area (Å²) in [6.45, 7) is 5.93. The lowest BCUT2D eigenvalue weighted by molar-refractivity contribution is -0.196. The van der Waals surface area contributed by atoms with Gasteiger partial charge in [-0.05, 0) is 44.7 Å². The molecule has 0 spiro atoms. The number of rotatable bonds is 8. The summed E-state index contributed by atoms with van der Waals surface area (Å²) in [5.74, 6) is -0.118. The summed E-state index contributed by atoms with van der Waals surface area (Å²) < 4.78 is 31.6. The van der Waals surface area contributed by atoms with Crippen molar-refractivity contribution in [1.29, 1.82) is 0 Å². The molecule has 2 aromatic heterocycles. The summed E-state index contributed by atoms with van der Waals surface area (Å²) in [6.07, 6.45) is 2.35. The van der Waals surface area contributed by atoms with Gasteiger partial charge in [0, 0.05) is 25.9 Å². The standard InChI is InChI=1S/C21H30ClN5O6/c1-21(2)32-13-10-31-16(15(13)33-21)19(30-7-3-6-28)27-11-23-14-17(25-20(22)26-18(14)27)24-12-4-8-29-9-5-12/h11-13,15-16,19,28H,3-10H2,1-2H3,(H,24,25,26)/t13-,15-,16-,19?/m1/s1. The second-order valence-corrected chi connectivity index (χ2v) is 9.31. The Kier molecular flexibility index (Phi) is 6.72. The van der Waals surface area contributed by atoms with Gasteiger partial charge in [0.2, 0.25) is 5.28 Å². The van der Waals surface area contributed by atoms with Crippen LogP contribution in [0.3, 0.4) is 0 Å². The second-order valence-electron chi connectivity index (χ2n) is 8.97. The quantitative estimate of drug-likeness (QED) is 0.425. The number of anilines is 1. The number of nitrogens with zero attached hydrogens (tertiary/aromatic N) is 4. The van der Waals surface area contributed by atoms with Gasteiger partial charge in [-0.15, -0.1) is 0 Å². The third-order valence-electron chi connectivity index (χ3n) is 6.10. The highest BCUT2D eigenvalue weighted by molar-refractivity contribution is 6.28. The highest BCUT2D eigenvalue weighted by atomic mass is 35.5. The molecule has 11 nitrogen and oxygen atoms in total. The van der Waals surface area contributed by atoms with E-state index in [0.29, 0.717) is 49.8 Å². The Morgan fingerprint density at radius 3 is 2.91 bits per heavy atom. The molecule has 5 rings (SSSR count). The van der Waals surface area contributed by atoms with Crippen LogP contribution in [0.5, 0.6) is 0 Å². The van der Waals surface area contributed by atoms with Crippen LogP contribution in [0.2, 0.25) is 5.28 Å². The van der Waals surface area contributed by atoms with Crippen LogP contribution in [0.25, 0.3) is 11.2 Å². The molecule has 3 fully saturated rings. The van der Waals surface area contributed by atoms with Crippen molar-refractivity contribution in [3.8, 4) is 0 Å². The lowest BCUT2D eigenvalue weighted by Gasteiger charge is -2.29. The summed E-state index contributed by atoms with van der Waals surface area (Å²) in [7, 11) is 0. The molecule has 3 saturated heterocycles. The molecule has 1 unspecified atom stereocenters. The fourth-order valence-electron chi connectivity index (χ4n) is 4.63. The third kappa shape index (κ3) is 4.81. The van der Waals surface area contributed by atoms with E-state index in [4.69, 9.17) is 35.3 Å². The molecule has 182 valence electrons. The Balaban J connectivity index is 1.47. The molecule has 12 heteroatoms. The molecule has 0 radical (unpaired) electrons. The number of hydrogen-bond acceptors (Lipinski definition) is 10. The van der Waals surface area contributed by atoms with Crippen molar-refractivity contribution in [2.24, 2.45) is 0 Å². The number of aliphatic hydroxyl groups is 1. The number of imidazole rings is 1. The van der Waals surface area contributed by atoms with Gasteiger partial charge in [0.15, 0.2) is 29.0 Å². The molecule has 3 aliphatic rings. The smallest absolute Gasteiger partial charge is 0.226 e. The Morgan fingerprint density at radius 2 is 2.12 bits per heavy atom. The Labute approximate surface area is 196 Å². The van der Waals surface area contributed by atoms with Gasteiger partial charge >= 0.3 is 0 Å². The average molecular weight is 484 g/mol. The van der Waals surface area contributed by atoms with Gasteiger partial charge in [0.25, 0.3) is 0 Å². The SMILES string of the molecule is CC1(C)O[C@@H]2[C@@H](CO[C@H]2C(OCCCO)n2cnc3c(NC4CCOCC4)nc(Cl)nc32)O1. The molecule has 0 bridgehead atoms. The first kappa shape index (κ1) is 23.2. The van der Waals surface area contributed by atoms with Crippen molar-refractivity contribution in [2.45, 2.75) is 69.5 Å². The zero-order chi connectivity index (χ0) is 23.0. The number of halogens is 1. The zero-order valence-corrected chi connectivity index (χ0v) is 19.5. The maximum Gasteiger partial charge on any atom is 0.226 e. The van der Waals surface area contributed by atoms with E-state index in [2.05, 4.69) is 20.3 Å². The van der Waals surface area contributed by atoms with Crippen LogP contribution in [0, 0.1) is 0 Å². The van der Waals surface area contributed by atoms with Crippen LogP contribution in [0.15, 0.2) is 6.33 Å². The number of nitrogens with one attached hydrogen (secondary N) is 1. The van der Waals surface area contributed by atoms with Gasteiger partial charge in [0.05, 0.1) is 19.5 Å². The maximum atomic E-state index is 9.26. The first-order valence-corrected chi connectivity index (χ1v) is 11.8. The van der Waals surface area contributed by atoms with Gasteiger partial charge < -0.3 is 34.1 Å².